The Labute approximate surface area is 180 Å². The Morgan fingerprint density at radius 3 is 2.52 bits per heavy atom. The number of imidazole rings is 1. The molecular weight excluding hydrogens is 435 g/mol. The largest absolute Gasteiger partial charge is 0.416 e. The molecule has 1 atom stereocenters. The van der Waals surface area contributed by atoms with Crippen molar-refractivity contribution in [3.63, 3.8) is 0 Å². The molecule has 0 aliphatic carbocycles. The lowest BCUT2D eigenvalue weighted by Crippen LogP contribution is -2.43. The molecule has 0 unspecified atom stereocenters. The number of carbonyl (C=O) groups excluding carboxylic acids is 2. The van der Waals surface area contributed by atoms with Crippen LogP contribution in [0.3, 0.4) is 0 Å². The van der Waals surface area contributed by atoms with Crippen LogP contribution < -0.4 is 16.0 Å². The Hall–Kier alpha value is -3.48. The zero-order valence-corrected chi connectivity index (χ0v) is 17.1. The molecule has 0 spiro atoms. The average Bonchev–Trinajstić information content (AvgIpc) is 3.31. The first kappa shape index (κ1) is 22.2. The summed E-state index contributed by atoms with van der Waals surface area (Å²) >= 11 is 0. The molecule has 0 saturated heterocycles. The summed E-state index contributed by atoms with van der Waals surface area (Å²) in [7, 11) is 0. The van der Waals surface area contributed by atoms with Gasteiger partial charge in [-0.05, 0) is 31.2 Å². The summed E-state index contributed by atoms with van der Waals surface area (Å²) in [5, 5.41) is 6.76. The summed E-state index contributed by atoms with van der Waals surface area (Å²) in [4.78, 5) is 33.2. The van der Waals surface area contributed by atoms with Crippen LogP contribution in [-0.2, 0) is 6.18 Å². The van der Waals surface area contributed by atoms with Crippen molar-refractivity contribution in [3.05, 3.63) is 53.6 Å². The first-order valence-corrected chi connectivity index (χ1v) is 8.83. The molecule has 2 amide bonds. The van der Waals surface area contributed by atoms with Gasteiger partial charge in [-0.1, -0.05) is 0 Å². The minimum Gasteiger partial charge on any atom is -0.369 e. The maximum absolute atomic E-state index is 13.1. The number of nitrogen functional groups attached to an aromatic ring is 1. The standard InChI is InChI=1S/C18H16F3N7O2.H2S/c1-9-8-27(11-4-2-10(3-5-11)18(19,20)21)16(30)14-12(7-24-28(9)14)25-15(29)13-6-23-17(22)26-13;/h2-7,9H,8H2,1H3,(H,25,29)(H3,22,23,26);1H2/t9-;/m0./s1. The Morgan fingerprint density at radius 2 is 1.94 bits per heavy atom. The normalized spacial score (nSPS) is 15.9. The Bertz CT molecular complexity index is 1120. The van der Waals surface area contributed by atoms with Crippen LogP contribution in [0, 0.1) is 0 Å². The number of halogens is 3. The number of hydrogen-bond acceptors (Lipinski definition) is 5. The van der Waals surface area contributed by atoms with Gasteiger partial charge in [0.05, 0.1) is 29.7 Å². The number of nitrogens with one attached hydrogen (secondary N) is 2. The highest BCUT2D eigenvalue weighted by Gasteiger charge is 2.35. The molecule has 3 heterocycles. The molecule has 4 N–H and O–H groups in total. The third-order valence-corrected chi connectivity index (χ3v) is 4.70. The van der Waals surface area contributed by atoms with Crippen LogP contribution in [0.15, 0.2) is 36.7 Å². The predicted octanol–water partition coefficient (Wildman–Crippen LogP) is 2.79. The van der Waals surface area contributed by atoms with Crippen LogP contribution in [0.2, 0.25) is 0 Å². The molecule has 1 aromatic carbocycles. The summed E-state index contributed by atoms with van der Waals surface area (Å²) in [6.45, 7) is 2.02. The fourth-order valence-electron chi connectivity index (χ4n) is 3.25. The van der Waals surface area contributed by atoms with Gasteiger partial charge in [0, 0.05) is 12.2 Å². The second-order valence-corrected chi connectivity index (χ2v) is 6.80. The van der Waals surface area contributed by atoms with E-state index in [9.17, 15) is 22.8 Å². The molecule has 13 heteroatoms. The lowest BCUT2D eigenvalue weighted by atomic mass is 10.1. The number of nitrogens with two attached hydrogens (primary N) is 1. The Kier molecular flexibility index (Phi) is 5.72. The van der Waals surface area contributed by atoms with E-state index in [0.29, 0.717) is 5.69 Å². The summed E-state index contributed by atoms with van der Waals surface area (Å²) in [5.41, 5.74) is 5.36. The number of fused-ring (bicyclic) bond motifs is 1. The SMILES string of the molecule is C[C@H]1CN(c2ccc(C(F)(F)F)cc2)C(=O)c2c(NC(=O)c3cnc(N)[nH]3)cnn21.S. The van der Waals surface area contributed by atoms with E-state index in [-0.39, 0.29) is 49.1 Å². The highest BCUT2D eigenvalue weighted by molar-refractivity contribution is 7.59. The van der Waals surface area contributed by atoms with E-state index in [4.69, 9.17) is 5.73 Å². The quantitative estimate of drug-likeness (QED) is 0.563. The number of aromatic amines is 1. The van der Waals surface area contributed by atoms with Gasteiger partial charge in [0.2, 0.25) is 0 Å². The number of H-pyrrole nitrogens is 1. The topological polar surface area (TPSA) is 122 Å². The van der Waals surface area contributed by atoms with Crippen molar-refractivity contribution in [2.45, 2.75) is 19.1 Å². The monoisotopic (exact) mass is 453 g/mol. The molecule has 1 aliphatic rings. The highest BCUT2D eigenvalue weighted by Crippen LogP contribution is 2.33. The van der Waals surface area contributed by atoms with E-state index in [1.807, 2.05) is 0 Å². The Morgan fingerprint density at radius 1 is 1.26 bits per heavy atom. The van der Waals surface area contributed by atoms with Gasteiger partial charge in [-0.25, -0.2) is 4.98 Å². The van der Waals surface area contributed by atoms with Gasteiger partial charge in [-0.3, -0.25) is 14.3 Å². The number of carbonyl (C=O) groups is 2. The summed E-state index contributed by atoms with van der Waals surface area (Å²) in [6, 6.07) is 4.05. The van der Waals surface area contributed by atoms with Crippen LogP contribution in [0.1, 0.15) is 39.5 Å². The predicted molar refractivity (Wildman–Crippen MR) is 111 cm³/mol. The fourth-order valence-corrected chi connectivity index (χ4v) is 3.25. The van der Waals surface area contributed by atoms with Gasteiger partial charge >= 0.3 is 6.18 Å². The summed E-state index contributed by atoms with van der Waals surface area (Å²) < 4.78 is 39.9. The number of rotatable bonds is 3. The number of anilines is 3. The molecular formula is C18H18F3N7O2S. The molecule has 31 heavy (non-hydrogen) atoms. The smallest absolute Gasteiger partial charge is 0.369 e. The third kappa shape index (κ3) is 4.08. The third-order valence-electron chi connectivity index (χ3n) is 4.70. The van der Waals surface area contributed by atoms with Crippen LogP contribution in [0.25, 0.3) is 0 Å². The first-order valence-electron chi connectivity index (χ1n) is 8.83. The van der Waals surface area contributed by atoms with Crippen molar-refractivity contribution in [1.82, 2.24) is 19.7 Å². The highest BCUT2D eigenvalue weighted by atomic mass is 32.1. The van der Waals surface area contributed by atoms with Crippen LogP contribution in [-0.4, -0.2) is 38.1 Å². The molecule has 3 aromatic rings. The number of hydrogen-bond donors (Lipinski definition) is 3. The van der Waals surface area contributed by atoms with Crippen molar-refractivity contribution in [2.75, 3.05) is 22.5 Å². The fraction of sp³-hybridized carbons (Fsp3) is 0.222. The first-order chi connectivity index (χ1) is 14.1. The van der Waals surface area contributed by atoms with Crippen molar-refractivity contribution in [2.24, 2.45) is 0 Å². The minimum atomic E-state index is -4.47. The van der Waals surface area contributed by atoms with Gasteiger partial charge in [-0.15, -0.1) is 0 Å². The van der Waals surface area contributed by atoms with E-state index in [1.165, 1.54) is 34.1 Å². The average molecular weight is 453 g/mol. The van der Waals surface area contributed by atoms with Gasteiger partial charge in [-0.2, -0.15) is 31.8 Å². The molecule has 2 aromatic heterocycles. The van der Waals surface area contributed by atoms with Crippen molar-refractivity contribution < 1.29 is 22.8 Å². The molecule has 1 aliphatic heterocycles. The van der Waals surface area contributed by atoms with E-state index < -0.39 is 23.6 Å². The molecule has 0 radical (unpaired) electrons. The second kappa shape index (κ2) is 7.98. The van der Waals surface area contributed by atoms with Crippen LogP contribution in [0.4, 0.5) is 30.5 Å². The van der Waals surface area contributed by atoms with Crippen molar-refractivity contribution in [3.8, 4) is 0 Å². The molecule has 4 rings (SSSR count). The van der Waals surface area contributed by atoms with Crippen molar-refractivity contribution in [1.29, 1.82) is 0 Å². The van der Waals surface area contributed by atoms with Gasteiger partial charge in [0.1, 0.15) is 5.69 Å². The lowest BCUT2D eigenvalue weighted by molar-refractivity contribution is -0.137. The molecule has 0 saturated carbocycles. The van der Waals surface area contributed by atoms with Crippen LogP contribution in [0.5, 0.6) is 0 Å². The van der Waals surface area contributed by atoms with E-state index in [0.717, 1.165) is 12.1 Å². The second-order valence-electron chi connectivity index (χ2n) is 6.80. The number of benzene rings is 1. The zero-order valence-electron chi connectivity index (χ0n) is 16.1. The van der Waals surface area contributed by atoms with E-state index in [1.54, 1.807) is 6.92 Å². The number of amides is 2. The molecule has 0 fully saturated rings. The van der Waals surface area contributed by atoms with Gasteiger partial charge in [0.25, 0.3) is 11.8 Å². The summed E-state index contributed by atoms with van der Waals surface area (Å²) in [5.74, 6) is -0.998. The zero-order chi connectivity index (χ0) is 21.6. The lowest BCUT2D eigenvalue weighted by Gasteiger charge is -2.32. The number of nitrogens with zero attached hydrogens (tertiary/aromatic N) is 4. The van der Waals surface area contributed by atoms with Gasteiger partial charge in [0.15, 0.2) is 11.6 Å². The summed E-state index contributed by atoms with van der Waals surface area (Å²) in [6.07, 6.45) is -1.87. The maximum atomic E-state index is 13.1. The van der Waals surface area contributed by atoms with Crippen molar-refractivity contribution >= 4 is 42.6 Å². The van der Waals surface area contributed by atoms with E-state index >= 15 is 0 Å². The molecule has 0 bridgehead atoms. The molecule has 9 nitrogen and oxygen atoms in total. The Balaban J connectivity index is 0.00000272. The minimum absolute atomic E-state index is 0. The maximum Gasteiger partial charge on any atom is 0.416 e. The number of aromatic nitrogens is 4. The number of alkyl halides is 3. The van der Waals surface area contributed by atoms with Gasteiger partial charge < -0.3 is 20.9 Å². The molecule has 164 valence electrons. The van der Waals surface area contributed by atoms with E-state index in [2.05, 4.69) is 20.4 Å². The van der Waals surface area contributed by atoms with Crippen LogP contribution >= 0.6 is 13.5 Å².